The van der Waals surface area contributed by atoms with Crippen molar-refractivity contribution in [2.75, 3.05) is 20.3 Å². The average Bonchev–Trinajstić information content (AvgIpc) is 2.47. The lowest BCUT2D eigenvalue weighted by Gasteiger charge is -2.11. The summed E-state index contributed by atoms with van der Waals surface area (Å²) in [4.78, 5) is 23.6. The maximum absolute atomic E-state index is 11.0. The van der Waals surface area contributed by atoms with E-state index in [1.54, 1.807) is 26.3 Å². The molecule has 0 aliphatic carbocycles. The van der Waals surface area contributed by atoms with Gasteiger partial charge in [-0.05, 0) is 13.8 Å². The Morgan fingerprint density at radius 2 is 2.00 bits per heavy atom. The quantitative estimate of drug-likeness (QED) is 0.814. The Bertz CT molecular complexity index is 688. The number of rotatable bonds is 6. The van der Waals surface area contributed by atoms with E-state index in [9.17, 15) is 4.79 Å². The molecule has 0 aromatic carbocycles. The number of carboxylic acid groups (broad SMARTS) is 1. The molecule has 0 fully saturated rings. The highest BCUT2D eigenvalue weighted by atomic mass is 16.5. The second-order valence-corrected chi connectivity index (χ2v) is 4.66. The van der Waals surface area contributed by atoms with Crippen LogP contribution in [0.4, 0.5) is 0 Å². The van der Waals surface area contributed by atoms with E-state index in [1.165, 1.54) is 6.20 Å². The van der Waals surface area contributed by atoms with E-state index < -0.39 is 5.97 Å². The molecule has 7 heteroatoms. The fourth-order valence-corrected chi connectivity index (χ4v) is 1.86. The Morgan fingerprint density at radius 1 is 1.23 bits per heavy atom. The summed E-state index contributed by atoms with van der Waals surface area (Å²) in [7, 11) is 1.60. The Balaban J connectivity index is 2.39. The van der Waals surface area contributed by atoms with E-state index in [0.29, 0.717) is 36.0 Å². The molecule has 0 radical (unpaired) electrons. The molecule has 2 heterocycles. The largest absolute Gasteiger partial charge is 0.490 e. The van der Waals surface area contributed by atoms with E-state index in [2.05, 4.69) is 15.0 Å². The van der Waals surface area contributed by atoms with E-state index in [4.69, 9.17) is 14.6 Å². The summed E-state index contributed by atoms with van der Waals surface area (Å²) < 4.78 is 10.6. The minimum absolute atomic E-state index is 0.0747. The van der Waals surface area contributed by atoms with Crippen molar-refractivity contribution in [3.63, 3.8) is 0 Å². The van der Waals surface area contributed by atoms with Gasteiger partial charge in [0.2, 0.25) is 0 Å². The molecule has 0 spiro atoms. The van der Waals surface area contributed by atoms with Crippen LogP contribution in [0.3, 0.4) is 0 Å². The number of hydrogen-bond donors (Lipinski definition) is 1. The number of aryl methyl sites for hydroxylation is 2. The fourth-order valence-electron chi connectivity index (χ4n) is 1.86. The zero-order valence-electron chi connectivity index (χ0n) is 12.7. The molecule has 0 atom stereocenters. The van der Waals surface area contributed by atoms with Crippen molar-refractivity contribution < 1.29 is 19.4 Å². The Kier molecular flexibility index (Phi) is 5.00. The number of aromatic nitrogens is 3. The van der Waals surface area contributed by atoms with Gasteiger partial charge in [-0.1, -0.05) is 0 Å². The monoisotopic (exact) mass is 303 g/mol. The average molecular weight is 303 g/mol. The zero-order chi connectivity index (χ0) is 16.1. The number of carboxylic acids is 1. The van der Waals surface area contributed by atoms with Gasteiger partial charge >= 0.3 is 5.97 Å². The van der Waals surface area contributed by atoms with Crippen molar-refractivity contribution in [3.05, 3.63) is 35.4 Å². The predicted molar refractivity (Wildman–Crippen MR) is 79.1 cm³/mol. The molecule has 0 amide bonds. The van der Waals surface area contributed by atoms with Crippen LogP contribution in [0, 0.1) is 13.8 Å². The molecule has 1 N–H and O–H groups in total. The molecule has 22 heavy (non-hydrogen) atoms. The summed E-state index contributed by atoms with van der Waals surface area (Å²) >= 11 is 0. The molecule has 2 aromatic heterocycles. The zero-order valence-corrected chi connectivity index (χ0v) is 12.7. The van der Waals surface area contributed by atoms with Crippen LogP contribution in [-0.2, 0) is 4.74 Å². The van der Waals surface area contributed by atoms with E-state index in [-0.39, 0.29) is 5.56 Å². The van der Waals surface area contributed by atoms with Crippen LogP contribution in [0.25, 0.3) is 11.4 Å². The molecule has 7 nitrogen and oxygen atoms in total. The van der Waals surface area contributed by atoms with Crippen molar-refractivity contribution in [3.8, 4) is 17.1 Å². The number of methoxy groups -OCH3 is 1. The van der Waals surface area contributed by atoms with Gasteiger partial charge in [0.25, 0.3) is 0 Å². The number of nitrogens with zero attached hydrogens (tertiary/aromatic N) is 3. The maximum atomic E-state index is 11.0. The Morgan fingerprint density at radius 3 is 2.64 bits per heavy atom. The van der Waals surface area contributed by atoms with Gasteiger partial charge in [0.15, 0.2) is 5.82 Å². The summed E-state index contributed by atoms with van der Waals surface area (Å²) in [5, 5.41) is 9.03. The molecular formula is C15H17N3O4. The van der Waals surface area contributed by atoms with Gasteiger partial charge in [-0.25, -0.2) is 14.8 Å². The highest BCUT2D eigenvalue weighted by Crippen LogP contribution is 2.27. The molecule has 0 aliphatic heterocycles. The van der Waals surface area contributed by atoms with Crippen molar-refractivity contribution in [1.29, 1.82) is 0 Å². The van der Waals surface area contributed by atoms with Crippen LogP contribution in [0.5, 0.6) is 5.75 Å². The van der Waals surface area contributed by atoms with Crippen LogP contribution in [0.1, 0.15) is 21.7 Å². The minimum atomic E-state index is -1.05. The lowest BCUT2D eigenvalue weighted by molar-refractivity contribution is 0.0695. The third kappa shape index (κ3) is 3.56. The molecule has 116 valence electrons. The molecule has 2 rings (SSSR count). The van der Waals surface area contributed by atoms with Crippen LogP contribution in [-0.4, -0.2) is 46.4 Å². The molecule has 0 aliphatic rings. The van der Waals surface area contributed by atoms with Gasteiger partial charge in [-0.2, -0.15) is 0 Å². The first kappa shape index (κ1) is 15.8. The van der Waals surface area contributed by atoms with Gasteiger partial charge in [0.1, 0.15) is 12.4 Å². The lowest BCUT2D eigenvalue weighted by atomic mass is 10.2. The Labute approximate surface area is 128 Å². The number of aromatic carboxylic acids is 1. The van der Waals surface area contributed by atoms with Crippen LogP contribution in [0.15, 0.2) is 18.5 Å². The second-order valence-electron chi connectivity index (χ2n) is 4.66. The van der Waals surface area contributed by atoms with Crippen LogP contribution >= 0.6 is 0 Å². The molecule has 2 aromatic rings. The smallest absolute Gasteiger partial charge is 0.339 e. The Hall–Kier alpha value is -2.54. The van der Waals surface area contributed by atoms with Crippen LogP contribution in [0.2, 0.25) is 0 Å². The third-order valence-corrected chi connectivity index (χ3v) is 3.00. The SMILES string of the molecule is COCCOc1cc(C)ncc1-c1ncc(C(=O)O)c(C)n1. The molecule has 0 bridgehead atoms. The first-order valence-electron chi connectivity index (χ1n) is 6.68. The number of hydrogen-bond acceptors (Lipinski definition) is 6. The van der Waals surface area contributed by atoms with Gasteiger partial charge < -0.3 is 14.6 Å². The van der Waals surface area contributed by atoms with Crippen molar-refractivity contribution in [2.24, 2.45) is 0 Å². The summed E-state index contributed by atoms with van der Waals surface area (Å²) in [6.45, 7) is 4.33. The van der Waals surface area contributed by atoms with Gasteiger partial charge in [-0.3, -0.25) is 4.98 Å². The molecule has 0 saturated heterocycles. The first-order valence-corrected chi connectivity index (χ1v) is 6.68. The molecule has 0 saturated carbocycles. The van der Waals surface area contributed by atoms with E-state index in [0.717, 1.165) is 5.69 Å². The van der Waals surface area contributed by atoms with E-state index >= 15 is 0 Å². The molecule has 0 unspecified atom stereocenters. The minimum Gasteiger partial charge on any atom is -0.490 e. The number of ether oxygens (including phenoxy) is 2. The fraction of sp³-hybridized carbons (Fsp3) is 0.333. The summed E-state index contributed by atoms with van der Waals surface area (Å²) in [6, 6.07) is 1.79. The summed E-state index contributed by atoms with van der Waals surface area (Å²) in [6.07, 6.45) is 2.91. The third-order valence-electron chi connectivity index (χ3n) is 3.00. The topological polar surface area (TPSA) is 94.4 Å². The van der Waals surface area contributed by atoms with Crippen molar-refractivity contribution >= 4 is 5.97 Å². The standard InChI is InChI=1S/C15H17N3O4/c1-9-6-13(22-5-4-21-3)12(8-16-9)14-17-7-11(15(19)20)10(2)18-14/h6-8H,4-5H2,1-3H3,(H,19,20). The van der Waals surface area contributed by atoms with Crippen LogP contribution < -0.4 is 4.74 Å². The second kappa shape index (κ2) is 6.95. The summed E-state index contributed by atoms with van der Waals surface area (Å²) in [5.74, 6) is -0.0860. The number of pyridine rings is 1. The van der Waals surface area contributed by atoms with E-state index in [1.807, 2.05) is 6.92 Å². The highest BCUT2D eigenvalue weighted by Gasteiger charge is 2.15. The predicted octanol–water partition coefficient (Wildman–Crippen LogP) is 1.88. The lowest BCUT2D eigenvalue weighted by Crippen LogP contribution is -2.08. The van der Waals surface area contributed by atoms with Gasteiger partial charge in [0.05, 0.1) is 23.4 Å². The highest BCUT2D eigenvalue weighted by molar-refractivity contribution is 5.88. The first-order chi connectivity index (χ1) is 10.5. The summed E-state index contributed by atoms with van der Waals surface area (Å²) in [5.41, 5.74) is 1.88. The van der Waals surface area contributed by atoms with Crippen molar-refractivity contribution in [2.45, 2.75) is 13.8 Å². The molecular weight excluding hydrogens is 286 g/mol. The normalized spacial score (nSPS) is 10.5. The van der Waals surface area contributed by atoms with Gasteiger partial charge in [-0.15, -0.1) is 0 Å². The van der Waals surface area contributed by atoms with Crippen molar-refractivity contribution in [1.82, 2.24) is 15.0 Å². The van der Waals surface area contributed by atoms with Gasteiger partial charge in [0, 0.05) is 31.3 Å². The maximum Gasteiger partial charge on any atom is 0.339 e. The number of carbonyl (C=O) groups is 1.